The van der Waals surface area contributed by atoms with Gasteiger partial charge in [-0.25, -0.2) is 4.79 Å². The number of benzene rings is 1. The molecule has 0 N–H and O–H groups in total. The lowest BCUT2D eigenvalue weighted by Gasteiger charge is -2.38. The van der Waals surface area contributed by atoms with Crippen LogP contribution in [0.15, 0.2) is 30.3 Å². The Morgan fingerprint density at radius 2 is 1.50 bits per heavy atom. The molecule has 0 radical (unpaired) electrons. The van der Waals surface area contributed by atoms with Crippen molar-refractivity contribution in [2.24, 2.45) is 5.92 Å². The Balaban J connectivity index is 2.54. The highest BCUT2D eigenvalue weighted by atomic mass is 16.6. The summed E-state index contributed by atoms with van der Waals surface area (Å²) in [6, 6.07) is 7.51. The number of ether oxygens (including phenoxy) is 3. The van der Waals surface area contributed by atoms with Crippen LogP contribution in [0.3, 0.4) is 0 Å². The van der Waals surface area contributed by atoms with Crippen molar-refractivity contribution in [3.63, 3.8) is 0 Å². The maximum absolute atomic E-state index is 13.5. The summed E-state index contributed by atoms with van der Waals surface area (Å²) < 4.78 is 15.4. The van der Waals surface area contributed by atoms with E-state index in [0.717, 1.165) is 0 Å². The lowest BCUT2D eigenvalue weighted by atomic mass is 9.97. The summed E-state index contributed by atoms with van der Waals surface area (Å²) in [4.78, 5) is 53.0. The molecule has 2 atom stereocenters. The summed E-state index contributed by atoms with van der Waals surface area (Å²) in [5, 5.41) is 0. The Morgan fingerprint density at radius 1 is 0.967 bits per heavy atom. The molecule has 30 heavy (non-hydrogen) atoms. The monoisotopic (exact) mass is 419 g/mol. The zero-order valence-electron chi connectivity index (χ0n) is 17.9. The van der Waals surface area contributed by atoms with Gasteiger partial charge in [-0.3, -0.25) is 14.4 Å². The van der Waals surface area contributed by atoms with E-state index < -0.39 is 41.3 Å². The van der Waals surface area contributed by atoms with Gasteiger partial charge in [-0.05, 0) is 52.7 Å². The third kappa shape index (κ3) is 4.63. The number of rotatable bonds is 8. The minimum Gasteiger partial charge on any atom is -0.465 e. The van der Waals surface area contributed by atoms with E-state index >= 15 is 0 Å². The second kappa shape index (κ2) is 10.2. The van der Waals surface area contributed by atoms with E-state index in [-0.39, 0.29) is 32.7 Å². The highest BCUT2D eigenvalue weighted by Gasteiger charge is 2.57. The van der Waals surface area contributed by atoms with Crippen molar-refractivity contribution >= 4 is 23.8 Å². The molecular formula is C22H29NO7. The fourth-order valence-corrected chi connectivity index (χ4v) is 3.82. The first-order valence-electron chi connectivity index (χ1n) is 10.2. The third-order valence-corrected chi connectivity index (χ3v) is 5.21. The molecule has 0 saturated carbocycles. The second-order valence-electron chi connectivity index (χ2n) is 7.12. The topological polar surface area (TPSA) is 99.2 Å². The van der Waals surface area contributed by atoms with Gasteiger partial charge in [-0.1, -0.05) is 18.2 Å². The molecule has 8 heteroatoms. The van der Waals surface area contributed by atoms with E-state index in [1.165, 1.54) is 4.90 Å². The Morgan fingerprint density at radius 3 is 2.00 bits per heavy atom. The van der Waals surface area contributed by atoms with Gasteiger partial charge in [0.15, 0.2) is 5.92 Å². The van der Waals surface area contributed by atoms with Crippen LogP contribution in [0.4, 0.5) is 0 Å². The first kappa shape index (κ1) is 23.4. The van der Waals surface area contributed by atoms with Gasteiger partial charge in [-0.2, -0.15) is 0 Å². The van der Waals surface area contributed by atoms with Gasteiger partial charge in [0.1, 0.15) is 5.54 Å². The SMILES string of the molecule is CCOC(=O)C(C(=O)OCC)[C@@H]1CC[C@@](C)(C(=O)OCC)N1C(=O)c1ccccc1. The van der Waals surface area contributed by atoms with E-state index in [1.54, 1.807) is 58.0 Å². The maximum atomic E-state index is 13.5. The molecule has 1 fully saturated rings. The Kier molecular flexibility index (Phi) is 7.97. The van der Waals surface area contributed by atoms with E-state index in [4.69, 9.17) is 14.2 Å². The Labute approximate surface area is 176 Å². The quantitative estimate of drug-likeness (QED) is 0.362. The number of hydrogen-bond acceptors (Lipinski definition) is 7. The average molecular weight is 419 g/mol. The summed E-state index contributed by atoms with van der Waals surface area (Å²) in [5.41, 5.74) is -0.989. The van der Waals surface area contributed by atoms with Gasteiger partial charge in [0.2, 0.25) is 0 Å². The van der Waals surface area contributed by atoms with Crippen molar-refractivity contribution in [3.05, 3.63) is 35.9 Å². The standard InChI is InChI=1S/C22H29NO7/c1-5-28-19(25)17(20(26)29-6-2)16-13-14-22(4,21(27)30-7-3)23(16)18(24)15-11-9-8-10-12-15/h8-12,16-17H,5-7,13-14H2,1-4H3/t16-,22-/m0/s1. The molecule has 2 rings (SSSR count). The summed E-state index contributed by atoms with van der Waals surface area (Å²) in [6.07, 6.45) is 0.487. The van der Waals surface area contributed by atoms with Gasteiger partial charge < -0.3 is 19.1 Å². The molecule has 8 nitrogen and oxygen atoms in total. The van der Waals surface area contributed by atoms with Gasteiger partial charge in [0.05, 0.1) is 25.9 Å². The molecule has 0 aliphatic carbocycles. The van der Waals surface area contributed by atoms with Crippen LogP contribution in [0.25, 0.3) is 0 Å². The van der Waals surface area contributed by atoms with Crippen LogP contribution in [-0.4, -0.2) is 60.1 Å². The van der Waals surface area contributed by atoms with Crippen molar-refractivity contribution in [2.75, 3.05) is 19.8 Å². The number of carbonyl (C=O) groups is 4. The molecule has 0 aromatic heterocycles. The van der Waals surface area contributed by atoms with Gasteiger partial charge in [0, 0.05) is 5.56 Å². The van der Waals surface area contributed by atoms with Crippen LogP contribution >= 0.6 is 0 Å². The predicted octanol–water partition coefficient (Wildman–Crippen LogP) is 2.36. The lowest BCUT2D eigenvalue weighted by Crippen LogP contribution is -2.57. The molecule has 1 amide bonds. The van der Waals surface area contributed by atoms with Crippen molar-refractivity contribution in [3.8, 4) is 0 Å². The van der Waals surface area contributed by atoms with Crippen LogP contribution < -0.4 is 0 Å². The number of nitrogens with zero attached hydrogens (tertiary/aromatic N) is 1. The Bertz CT molecular complexity index is 761. The highest BCUT2D eigenvalue weighted by Crippen LogP contribution is 2.40. The van der Waals surface area contributed by atoms with Crippen molar-refractivity contribution < 1.29 is 33.4 Å². The van der Waals surface area contributed by atoms with E-state index in [9.17, 15) is 19.2 Å². The molecule has 1 saturated heterocycles. The van der Waals surface area contributed by atoms with Crippen LogP contribution in [-0.2, 0) is 28.6 Å². The van der Waals surface area contributed by atoms with Crippen LogP contribution in [0.2, 0.25) is 0 Å². The van der Waals surface area contributed by atoms with Crippen molar-refractivity contribution in [1.82, 2.24) is 4.90 Å². The van der Waals surface area contributed by atoms with E-state index in [0.29, 0.717) is 5.56 Å². The highest BCUT2D eigenvalue weighted by molar-refractivity contribution is 6.01. The van der Waals surface area contributed by atoms with Crippen LogP contribution in [0.5, 0.6) is 0 Å². The van der Waals surface area contributed by atoms with E-state index in [2.05, 4.69) is 0 Å². The third-order valence-electron chi connectivity index (χ3n) is 5.21. The number of amides is 1. The molecule has 164 valence electrons. The summed E-state index contributed by atoms with van der Waals surface area (Å²) in [6.45, 7) is 6.82. The fraction of sp³-hybridized carbons (Fsp3) is 0.545. The Hall–Kier alpha value is -2.90. The van der Waals surface area contributed by atoms with Gasteiger partial charge in [-0.15, -0.1) is 0 Å². The summed E-state index contributed by atoms with van der Waals surface area (Å²) in [7, 11) is 0. The first-order chi connectivity index (χ1) is 14.3. The molecule has 1 heterocycles. The largest absolute Gasteiger partial charge is 0.465 e. The lowest BCUT2D eigenvalue weighted by molar-refractivity contribution is -0.167. The molecule has 0 spiro atoms. The van der Waals surface area contributed by atoms with Crippen molar-refractivity contribution in [1.29, 1.82) is 0 Å². The van der Waals surface area contributed by atoms with Crippen molar-refractivity contribution in [2.45, 2.75) is 52.1 Å². The smallest absolute Gasteiger partial charge is 0.331 e. The summed E-state index contributed by atoms with van der Waals surface area (Å²) >= 11 is 0. The van der Waals surface area contributed by atoms with E-state index in [1.807, 2.05) is 0 Å². The normalized spacial score (nSPS) is 20.7. The minimum absolute atomic E-state index is 0.0727. The van der Waals surface area contributed by atoms with Crippen LogP contribution in [0.1, 0.15) is 50.9 Å². The first-order valence-corrected chi connectivity index (χ1v) is 10.2. The summed E-state index contributed by atoms with van der Waals surface area (Å²) in [5.74, 6) is -3.95. The minimum atomic E-state index is -1.35. The molecule has 1 aromatic rings. The van der Waals surface area contributed by atoms with Crippen LogP contribution in [0, 0.1) is 5.92 Å². The maximum Gasteiger partial charge on any atom is 0.331 e. The number of esters is 3. The number of likely N-dealkylation sites (tertiary alicyclic amines) is 1. The molecule has 1 aliphatic heterocycles. The molecule has 0 unspecified atom stereocenters. The van der Waals surface area contributed by atoms with Gasteiger partial charge >= 0.3 is 17.9 Å². The number of hydrogen-bond donors (Lipinski definition) is 0. The second-order valence-corrected chi connectivity index (χ2v) is 7.12. The zero-order valence-corrected chi connectivity index (χ0v) is 17.9. The number of carbonyl (C=O) groups excluding carboxylic acids is 4. The molecule has 1 aromatic carbocycles. The van der Waals surface area contributed by atoms with Gasteiger partial charge in [0.25, 0.3) is 5.91 Å². The fourth-order valence-electron chi connectivity index (χ4n) is 3.82. The zero-order chi connectivity index (χ0) is 22.3. The molecule has 1 aliphatic rings. The molecular weight excluding hydrogens is 390 g/mol. The molecule has 0 bridgehead atoms. The predicted molar refractivity (Wildman–Crippen MR) is 107 cm³/mol. The average Bonchev–Trinajstić information content (AvgIpc) is 3.07.